The van der Waals surface area contributed by atoms with Crippen LogP contribution in [-0.4, -0.2) is 19.9 Å². The van der Waals surface area contributed by atoms with Crippen LogP contribution < -0.4 is 5.32 Å². The Labute approximate surface area is 165 Å². The second-order valence-electron chi connectivity index (χ2n) is 6.39. The van der Waals surface area contributed by atoms with Crippen molar-refractivity contribution in [3.05, 3.63) is 58.8 Å². The number of sulfone groups is 1. The van der Waals surface area contributed by atoms with Crippen molar-refractivity contribution in [2.45, 2.75) is 23.8 Å². The number of benzene rings is 2. The Kier molecular flexibility index (Phi) is 5.67. The first-order valence-corrected chi connectivity index (χ1v) is 10.6. The number of hydrogen-bond acceptors (Lipinski definition) is 5. The van der Waals surface area contributed by atoms with E-state index in [4.69, 9.17) is 4.42 Å². The van der Waals surface area contributed by atoms with Crippen molar-refractivity contribution in [3.63, 3.8) is 0 Å². The largest absolute Gasteiger partial charge is 0.419 e. The fourth-order valence-electron chi connectivity index (χ4n) is 2.34. The molecule has 5 nitrogen and oxygen atoms in total. The Balaban J connectivity index is 2.08. The first kappa shape index (κ1) is 19.6. The molecule has 0 radical (unpaired) electrons. The molecule has 0 saturated carbocycles. The van der Waals surface area contributed by atoms with Crippen molar-refractivity contribution in [1.82, 2.24) is 4.98 Å². The van der Waals surface area contributed by atoms with Crippen LogP contribution in [0, 0.1) is 11.7 Å². The van der Waals surface area contributed by atoms with E-state index >= 15 is 0 Å². The third-order valence-electron chi connectivity index (χ3n) is 3.74. The smallest absolute Gasteiger partial charge is 0.233 e. The maximum absolute atomic E-state index is 13.2. The highest BCUT2D eigenvalue weighted by Crippen LogP contribution is 2.33. The van der Waals surface area contributed by atoms with E-state index in [1.54, 1.807) is 12.1 Å². The molecular formula is C19H18BrFN2O3S. The maximum Gasteiger partial charge on any atom is 0.233 e. The number of hydrogen-bond donors (Lipinski definition) is 1. The molecule has 0 fully saturated rings. The molecule has 27 heavy (non-hydrogen) atoms. The van der Waals surface area contributed by atoms with Crippen molar-refractivity contribution >= 4 is 31.7 Å². The molecule has 8 heteroatoms. The van der Waals surface area contributed by atoms with Crippen LogP contribution in [-0.2, 0) is 9.84 Å². The fourth-order valence-corrected chi connectivity index (χ4v) is 3.88. The predicted molar refractivity (Wildman–Crippen MR) is 105 cm³/mol. The Hall–Kier alpha value is -2.19. The Morgan fingerprint density at radius 2 is 1.74 bits per heavy atom. The Bertz CT molecular complexity index is 1030. The van der Waals surface area contributed by atoms with Gasteiger partial charge in [0.15, 0.2) is 0 Å². The normalized spacial score (nSPS) is 11.7. The molecule has 3 aromatic rings. The lowest BCUT2D eigenvalue weighted by molar-refractivity contribution is 0.567. The average molecular weight is 453 g/mol. The van der Waals surface area contributed by atoms with Gasteiger partial charge in [-0.3, -0.25) is 0 Å². The number of halogens is 2. The van der Waals surface area contributed by atoms with Crippen LogP contribution >= 0.6 is 15.9 Å². The van der Waals surface area contributed by atoms with Crippen molar-refractivity contribution in [2.24, 2.45) is 5.92 Å². The average Bonchev–Trinajstić information content (AvgIpc) is 3.06. The molecule has 0 aliphatic carbocycles. The van der Waals surface area contributed by atoms with Crippen LogP contribution in [0.25, 0.3) is 11.5 Å². The zero-order valence-electron chi connectivity index (χ0n) is 14.7. The highest BCUT2D eigenvalue weighted by molar-refractivity contribution is 9.10. The first-order valence-electron chi connectivity index (χ1n) is 8.28. The minimum Gasteiger partial charge on any atom is -0.419 e. The van der Waals surface area contributed by atoms with E-state index < -0.39 is 15.7 Å². The van der Waals surface area contributed by atoms with Crippen LogP contribution in [0.1, 0.15) is 13.8 Å². The molecule has 0 spiro atoms. The second kappa shape index (κ2) is 7.82. The summed E-state index contributed by atoms with van der Waals surface area (Å²) in [6.45, 7) is 4.50. The molecule has 0 aliphatic heterocycles. The Morgan fingerprint density at radius 1 is 1.11 bits per heavy atom. The zero-order chi connectivity index (χ0) is 19.6. The summed E-state index contributed by atoms with van der Waals surface area (Å²) >= 11 is 3.29. The van der Waals surface area contributed by atoms with E-state index in [2.05, 4.69) is 26.2 Å². The minimum atomic E-state index is -3.89. The van der Waals surface area contributed by atoms with E-state index in [9.17, 15) is 12.8 Å². The molecule has 3 rings (SSSR count). The summed E-state index contributed by atoms with van der Waals surface area (Å²) in [5.74, 6) is 0.0571. The van der Waals surface area contributed by atoms with Gasteiger partial charge < -0.3 is 9.73 Å². The van der Waals surface area contributed by atoms with E-state index in [-0.39, 0.29) is 27.6 Å². The molecule has 0 aliphatic rings. The lowest BCUT2D eigenvalue weighted by Gasteiger charge is -2.08. The number of oxazole rings is 1. The SMILES string of the molecule is CC(C)CNc1oc(-c2ccc(F)cc2)nc1S(=O)(=O)c1ccc(Br)cc1. The number of aromatic nitrogens is 1. The van der Waals surface area contributed by atoms with Crippen LogP contribution in [0.5, 0.6) is 0 Å². The van der Waals surface area contributed by atoms with Crippen LogP contribution in [0.4, 0.5) is 10.3 Å². The van der Waals surface area contributed by atoms with E-state index in [0.717, 1.165) is 4.47 Å². The van der Waals surface area contributed by atoms with Gasteiger partial charge in [-0.1, -0.05) is 29.8 Å². The van der Waals surface area contributed by atoms with Crippen LogP contribution in [0.15, 0.2) is 67.3 Å². The monoisotopic (exact) mass is 452 g/mol. The summed E-state index contributed by atoms with van der Waals surface area (Å²) in [6.07, 6.45) is 0. The van der Waals surface area contributed by atoms with Crippen LogP contribution in [0.3, 0.4) is 0 Å². The van der Waals surface area contributed by atoms with Gasteiger partial charge >= 0.3 is 0 Å². The third kappa shape index (κ3) is 4.39. The molecule has 0 bridgehead atoms. The number of nitrogens with one attached hydrogen (secondary N) is 1. The van der Waals surface area contributed by atoms with Gasteiger partial charge in [0.25, 0.3) is 0 Å². The van der Waals surface area contributed by atoms with Crippen LogP contribution in [0.2, 0.25) is 0 Å². The fraction of sp³-hybridized carbons (Fsp3) is 0.211. The van der Waals surface area contributed by atoms with Crippen molar-refractivity contribution in [2.75, 3.05) is 11.9 Å². The Morgan fingerprint density at radius 3 is 2.33 bits per heavy atom. The van der Waals surface area contributed by atoms with Gasteiger partial charge in [-0.25, -0.2) is 12.8 Å². The molecule has 0 amide bonds. The van der Waals surface area contributed by atoms with Crippen molar-refractivity contribution in [1.29, 1.82) is 0 Å². The van der Waals surface area contributed by atoms with Gasteiger partial charge in [-0.05, 0) is 54.4 Å². The van der Waals surface area contributed by atoms with Crippen molar-refractivity contribution in [3.8, 4) is 11.5 Å². The molecule has 2 aromatic carbocycles. The molecule has 1 aromatic heterocycles. The van der Waals surface area contributed by atoms with Gasteiger partial charge in [0.1, 0.15) is 5.82 Å². The molecule has 1 heterocycles. The molecule has 0 atom stereocenters. The molecule has 0 saturated heterocycles. The number of nitrogens with zero attached hydrogens (tertiary/aromatic N) is 1. The summed E-state index contributed by atoms with van der Waals surface area (Å²) in [5.41, 5.74) is 0.487. The minimum absolute atomic E-state index is 0.0749. The van der Waals surface area contributed by atoms with Gasteiger partial charge in [-0.15, -0.1) is 0 Å². The van der Waals surface area contributed by atoms with Gasteiger partial charge in [-0.2, -0.15) is 4.98 Å². The van der Waals surface area contributed by atoms with E-state index in [1.165, 1.54) is 36.4 Å². The number of anilines is 1. The lowest BCUT2D eigenvalue weighted by Crippen LogP contribution is -2.11. The standard InChI is InChI=1S/C19H18BrFN2O3S/c1-12(2)11-22-18-19(27(24,25)16-9-5-14(20)6-10-16)23-17(26-18)13-3-7-15(21)8-4-13/h3-10,12,22H,11H2,1-2H3. The van der Waals surface area contributed by atoms with E-state index in [1.807, 2.05) is 13.8 Å². The van der Waals surface area contributed by atoms with Crippen molar-refractivity contribution < 1.29 is 17.2 Å². The lowest BCUT2D eigenvalue weighted by atomic mass is 10.2. The molecule has 1 N–H and O–H groups in total. The second-order valence-corrected chi connectivity index (χ2v) is 9.17. The summed E-state index contributed by atoms with van der Waals surface area (Å²) in [4.78, 5) is 4.32. The quantitative estimate of drug-likeness (QED) is 0.560. The molecule has 0 unspecified atom stereocenters. The highest BCUT2D eigenvalue weighted by atomic mass is 79.9. The molecule has 142 valence electrons. The summed E-state index contributed by atoms with van der Waals surface area (Å²) in [5, 5.41) is 2.82. The highest BCUT2D eigenvalue weighted by Gasteiger charge is 2.28. The first-order chi connectivity index (χ1) is 12.8. The predicted octanol–water partition coefficient (Wildman–Crippen LogP) is 5.14. The zero-order valence-corrected chi connectivity index (χ0v) is 17.1. The number of rotatable bonds is 6. The molecular weight excluding hydrogens is 435 g/mol. The maximum atomic E-state index is 13.2. The topological polar surface area (TPSA) is 72.2 Å². The summed E-state index contributed by atoms with van der Waals surface area (Å²) in [7, 11) is -3.89. The third-order valence-corrected chi connectivity index (χ3v) is 5.94. The summed E-state index contributed by atoms with van der Waals surface area (Å²) in [6, 6.07) is 11.8. The van der Waals surface area contributed by atoms with Gasteiger partial charge in [0.2, 0.25) is 26.6 Å². The van der Waals surface area contributed by atoms with Gasteiger partial charge in [0, 0.05) is 16.6 Å². The summed E-state index contributed by atoms with van der Waals surface area (Å²) < 4.78 is 45.8. The van der Waals surface area contributed by atoms with Gasteiger partial charge in [0.05, 0.1) is 4.90 Å². The van der Waals surface area contributed by atoms with E-state index in [0.29, 0.717) is 12.1 Å².